The molecule has 0 radical (unpaired) electrons. The number of amides is 1. The molecule has 148 valence electrons. The van der Waals surface area contributed by atoms with Crippen molar-refractivity contribution in [2.75, 3.05) is 40.3 Å². The minimum atomic E-state index is -3.48. The number of nitrogens with zero attached hydrogens (tertiary/aromatic N) is 3. The van der Waals surface area contributed by atoms with Gasteiger partial charge in [-0.15, -0.1) is 0 Å². The summed E-state index contributed by atoms with van der Waals surface area (Å²) >= 11 is 0. The topological polar surface area (TPSA) is 70.2 Å². The van der Waals surface area contributed by atoms with Gasteiger partial charge in [-0.05, 0) is 37.0 Å². The van der Waals surface area contributed by atoms with Gasteiger partial charge in [0.05, 0.1) is 0 Å². The van der Waals surface area contributed by atoms with Crippen LogP contribution in [0.25, 0.3) is 0 Å². The maximum absolute atomic E-state index is 13.1. The summed E-state index contributed by atoms with van der Waals surface area (Å²) in [6.07, 6.45) is 3.42. The molecule has 1 aromatic carbocycles. The molecule has 0 aliphatic carbocycles. The Hall–Kier alpha value is -1.90. The lowest BCUT2D eigenvalue weighted by Crippen LogP contribution is -2.48. The third kappa shape index (κ3) is 4.17. The van der Waals surface area contributed by atoms with Crippen molar-refractivity contribution < 1.29 is 17.9 Å². The Kier molecular flexibility index (Phi) is 5.88. The van der Waals surface area contributed by atoms with E-state index in [2.05, 4.69) is 6.58 Å². The molecule has 2 bridgehead atoms. The summed E-state index contributed by atoms with van der Waals surface area (Å²) < 4.78 is 33.4. The molecule has 8 heteroatoms. The third-order valence-electron chi connectivity index (χ3n) is 5.18. The average molecular weight is 394 g/mol. The van der Waals surface area contributed by atoms with Crippen molar-refractivity contribution in [3.63, 3.8) is 0 Å². The Balaban J connectivity index is 1.80. The van der Waals surface area contributed by atoms with Gasteiger partial charge in [-0.2, -0.15) is 17.0 Å². The molecular formula is C19H27N3O4S. The molecule has 1 aromatic rings. The van der Waals surface area contributed by atoms with Gasteiger partial charge >= 0.3 is 0 Å². The minimum absolute atomic E-state index is 0.0714. The highest BCUT2D eigenvalue weighted by Crippen LogP contribution is 2.31. The number of carbonyl (C=O) groups is 1. The number of benzene rings is 1. The van der Waals surface area contributed by atoms with Crippen molar-refractivity contribution in [2.45, 2.75) is 18.9 Å². The predicted octanol–water partition coefficient (Wildman–Crippen LogP) is 1.59. The van der Waals surface area contributed by atoms with Crippen LogP contribution in [0.3, 0.4) is 0 Å². The van der Waals surface area contributed by atoms with Crippen LogP contribution >= 0.6 is 0 Å². The molecule has 7 nitrogen and oxygen atoms in total. The highest BCUT2D eigenvalue weighted by atomic mass is 32.2. The molecule has 3 aliphatic heterocycles. The molecule has 2 atom stereocenters. The van der Waals surface area contributed by atoms with Gasteiger partial charge in [-0.25, -0.2) is 0 Å². The van der Waals surface area contributed by atoms with Gasteiger partial charge < -0.3 is 9.64 Å². The predicted molar refractivity (Wildman–Crippen MR) is 104 cm³/mol. The fourth-order valence-corrected chi connectivity index (χ4v) is 4.97. The molecule has 0 saturated carbocycles. The van der Waals surface area contributed by atoms with E-state index in [-0.39, 0.29) is 17.9 Å². The molecule has 0 spiro atoms. The van der Waals surface area contributed by atoms with E-state index in [4.69, 9.17) is 4.74 Å². The van der Waals surface area contributed by atoms with E-state index >= 15 is 0 Å². The second kappa shape index (κ2) is 8.00. The second-order valence-electron chi connectivity index (χ2n) is 7.29. The zero-order chi connectivity index (χ0) is 19.6. The largest absolute Gasteiger partial charge is 0.490 e. The lowest BCUT2D eigenvalue weighted by Gasteiger charge is -2.36. The number of hydrogen-bond acceptors (Lipinski definition) is 4. The van der Waals surface area contributed by atoms with Crippen molar-refractivity contribution >= 4 is 16.1 Å². The van der Waals surface area contributed by atoms with E-state index in [1.807, 2.05) is 4.90 Å². The van der Waals surface area contributed by atoms with E-state index in [1.165, 1.54) is 8.61 Å². The van der Waals surface area contributed by atoms with Gasteiger partial charge in [0.1, 0.15) is 12.4 Å². The van der Waals surface area contributed by atoms with Crippen LogP contribution < -0.4 is 4.74 Å². The van der Waals surface area contributed by atoms with Crippen molar-refractivity contribution in [1.82, 2.24) is 13.5 Å². The van der Waals surface area contributed by atoms with E-state index < -0.39 is 10.2 Å². The summed E-state index contributed by atoms with van der Waals surface area (Å²) in [5.74, 6) is 0.707. The van der Waals surface area contributed by atoms with Gasteiger partial charge in [0.15, 0.2) is 0 Å². The zero-order valence-corrected chi connectivity index (χ0v) is 16.7. The molecule has 3 aliphatic rings. The Bertz CT molecular complexity index is 809. The number of rotatable bonds is 6. The average Bonchev–Trinajstić information content (AvgIpc) is 2.98. The number of piperidine rings is 1. The van der Waals surface area contributed by atoms with E-state index in [0.717, 1.165) is 12.8 Å². The number of carbonyl (C=O) groups excluding carboxylic acids is 1. The lowest BCUT2D eigenvalue weighted by molar-refractivity contribution is 0.0588. The van der Waals surface area contributed by atoms with Gasteiger partial charge in [0.2, 0.25) is 0 Å². The summed E-state index contributed by atoms with van der Waals surface area (Å²) in [6, 6.07) is 7.00. The first-order valence-electron chi connectivity index (χ1n) is 9.15. The van der Waals surface area contributed by atoms with Crippen molar-refractivity contribution in [3.8, 4) is 5.75 Å². The van der Waals surface area contributed by atoms with Crippen molar-refractivity contribution in [3.05, 3.63) is 42.5 Å². The second-order valence-corrected chi connectivity index (χ2v) is 9.43. The Morgan fingerprint density at radius 2 is 2.07 bits per heavy atom. The van der Waals surface area contributed by atoms with Crippen LogP contribution in [0.4, 0.5) is 0 Å². The highest BCUT2D eigenvalue weighted by Gasteiger charge is 2.41. The van der Waals surface area contributed by atoms with E-state index in [0.29, 0.717) is 37.6 Å². The molecule has 3 saturated heterocycles. The molecule has 0 N–H and O–H groups in total. The summed E-state index contributed by atoms with van der Waals surface area (Å²) in [5, 5.41) is 0. The Morgan fingerprint density at radius 1 is 1.30 bits per heavy atom. The first-order chi connectivity index (χ1) is 12.8. The van der Waals surface area contributed by atoms with E-state index in [9.17, 15) is 13.2 Å². The number of ether oxygens (including phenoxy) is 1. The van der Waals surface area contributed by atoms with Crippen LogP contribution in [0, 0.1) is 5.92 Å². The summed E-state index contributed by atoms with van der Waals surface area (Å²) in [6.45, 7) is 5.39. The lowest BCUT2D eigenvalue weighted by atomic mass is 9.94. The normalized spacial score (nSPS) is 23.3. The standard InChI is InChI=1S/C19H27N3O4S/c1-4-10-26-18-7-5-6-16(11-18)19(23)22-13-15-8-9-17(22)14-21(12-15)27(24,25)20(2)3/h4-7,11,15,17H,1,8-10,12-14H2,2-3H3. The van der Waals surface area contributed by atoms with Gasteiger partial charge in [0.25, 0.3) is 16.1 Å². The van der Waals surface area contributed by atoms with Crippen LogP contribution in [0.2, 0.25) is 0 Å². The van der Waals surface area contributed by atoms with Crippen LogP contribution in [-0.2, 0) is 10.2 Å². The molecule has 1 amide bonds. The molecule has 27 heavy (non-hydrogen) atoms. The summed E-state index contributed by atoms with van der Waals surface area (Å²) in [5.41, 5.74) is 0.561. The molecule has 0 aromatic heterocycles. The summed E-state index contributed by atoms with van der Waals surface area (Å²) in [7, 11) is -0.398. The molecular weight excluding hydrogens is 366 g/mol. The monoisotopic (exact) mass is 393 g/mol. The van der Waals surface area contributed by atoms with E-state index in [1.54, 1.807) is 44.4 Å². The Labute approximate surface area is 161 Å². The maximum Gasteiger partial charge on any atom is 0.281 e. The summed E-state index contributed by atoms with van der Waals surface area (Å²) in [4.78, 5) is 15.0. The molecule has 3 heterocycles. The fraction of sp³-hybridized carbons (Fsp3) is 0.526. The molecule has 3 fully saturated rings. The minimum Gasteiger partial charge on any atom is -0.490 e. The smallest absolute Gasteiger partial charge is 0.281 e. The number of fused-ring (bicyclic) bond motifs is 4. The van der Waals surface area contributed by atoms with Gasteiger partial charge in [0, 0.05) is 45.3 Å². The van der Waals surface area contributed by atoms with Gasteiger partial charge in [-0.1, -0.05) is 18.7 Å². The van der Waals surface area contributed by atoms with Crippen LogP contribution in [0.15, 0.2) is 36.9 Å². The number of hydrogen-bond donors (Lipinski definition) is 0. The third-order valence-corrected chi connectivity index (χ3v) is 7.05. The van der Waals surface area contributed by atoms with Crippen molar-refractivity contribution in [2.24, 2.45) is 5.92 Å². The maximum atomic E-state index is 13.1. The molecule has 4 rings (SSSR count). The van der Waals surface area contributed by atoms with Crippen LogP contribution in [0.1, 0.15) is 23.2 Å². The SMILES string of the molecule is C=CCOc1cccc(C(=O)N2CC3CCC2CN(S(=O)(=O)N(C)C)C3)c1. The van der Waals surface area contributed by atoms with Crippen LogP contribution in [-0.4, -0.2) is 74.2 Å². The zero-order valence-electron chi connectivity index (χ0n) is 15.9. The first kappa shape index (κ1) is 19.9. The van der Waals surface area contributed by atoms with Crippen LogP contribution in [0.5, 0.6) is 5.75 Å². The van der Waals surface area contributed by atoms with Crippen molar-refractivity contribution in [1.29, 1.82) is 0 Å². The quantitative estimate of drug-likeness (QED) is 0.689. The Morgan fingerprint density at radius 3 is 2.78 bits per heavy atom. The first-order valence-corrected chi connectivity index (χ1v) is 10.5. The fourth-order valence-electron chi connectivity index (χ4n) is 3.75. The highest BCUT2D eigenvalue weighted by molar-refractivity contribution is 7.86. The van der Waals surface area contributed by atoms with Gasteiger partial charge in [-0.3, -0.25) is 4.79 Å². The molecule has 2 unspecified atom stereocenters.